The van der Waals surface area contributed by atoms with E-state index < -0.39 is 16.1 Å². The van der Waals surface area contributed by atoms with Crippen molar-refractivity contribution in [3.05, 3.63) is 59.7 Å². The summed E-state index contributed by atoms with van der Waals surface area (Å²) in [5.41, 5.74) is 1.86. The highest BCUT2D eigenvalue weighted by Gasteiger charge is 2.37. The standard InChI is InChI=1S/C27H35N3O5S/c1-28(24(19-6-4-3-5-7-19)18-30-15-14-22(31)17-30)27(32)26-12-8-20-16-23(11-13-25(20)35-26)36(33,34)29(2)21-9-10-21/h3-7,11,13,16,21-22,24,26,31H,8-10,12,14-15,17-18H2,1-2H3/t22-,24+,26-/m0/s1. The van der Waals surface area contributed by atoms with Gasteiger partial charge in [-0.1, -0.05) is 30.3 Å². The molecule has 0 radical (unpaired) electrons. The zero-order valence-corrected chi connectivity index (χ0v) is 21.7. The van der Waals surface area contributed by atoms with Gasteiger partial charge in [0.2, 0.25) is 10.0 Å². The first kappa shape index (κ1) is 25.2. The normalized spacial score (nSPS) is 23.2. The topological polar surface area (TPSA) is 90.4 Å². The summed E-state index contributed by atoms with van der Waals surface area (Å²) in [6, 6.07) is 14.8. The van der Waals surface area contributed by atoms with Gasteiger partial charge in [-0.2, -0.15) is 4.31 Å². The van der Waals surface area contributed by atoms with E-state index in [4.69, 9.17) is 4.74 Å². The van der Waals surface area contributed by atoms with Crippen LogP contribution in [0, 0.1) is 0 Å². The average molecular weight is 514 g/mol. The van der Waals surface area contributed by atoms with Gasteiger partial charge in [-0.3, -0.25) is 9.69 Å². The number of aliphatic hydroxyl groups excluding tert-OH is 1. The maximum Gasteiger partial charge on any atom is 0.263 e. The molecular weight excluding hydrogens is 478 g/mol. The van der Waals surface area contributed by atoms with Gasteiger partial charge in [-0.05, 0) is 61.4 Å². The minimum Gasteiger partial charge on any atom is -0.480 e. The van der Waals surface area contributed by atoms with Crippen LogP contribution in [0.15, 0.2) is 53.4 Å². The molecule has 2 fully saturated rings. The Morgan fingerprint density at radius 1 is 1.11 bits per heavy atom. The molecule has 2 aromatic rings. The molecule has 1 N–H and O–H groups in total. The summed E-state index contributed by atoms with van der Waals surface area (Å²) in [6.45, 7) is 2.06. The third-order valence-corrected chi connectivity index (χ3v) is 9.57. The van der Waals surface area contributed by atoms with Crippen molar-refractivity contribution in [1.29, 1.82) is 0 Å². The summed E-state index contributed by atoms with van der Waals surface area (Å²) >= 11 is 0. The highest BCUT2D eigenvalue weighted by Crippen LogP contribution is 2.35. The van der Waals surface area contributed by atoms with Crippen molar-refractivity contribution >= 4 is 15.9 Å². The van der Waals surface area contributed by atoms with E-state index >= 15 is 0 Å². The number of likely N-dealkylation sites (tertiary alicyclic amines) is 1. The van der Waals surface area contributed by atoms with Crippen LogP contribution in [0.2, 0.25) is 0 Å². The molecule has 5 rings (SSSR count). The molecular formula is C27H35N3O5S. The van der Waals surface area contributed by atoms with E-state index in [1.54, 1.807) is 30.1 Å². The van der Waals surface area contributed by atoms with Gasteiger partial charge in [-0.15, -0.1) is 0 Å². The number of fused-ring (bicyclic) bond motifs is 1. The maximum absolute atomic E-state index is 13.6. The summed E-state index contributed by atoms with van der Waals surface area (Å²) in [5, 5.41) is 9.98. The number of carbonyl (C=O) groups excluding carboxylic acids is 1. The molecule has 0 spiro atoms. The lowest BCUT2D eigenvalue weighted by molar-refractivity contribution is -0.140. The van der Waals surface area contributed by atoms with Crippen LogP contribution in [0.25, 0.3) is 0 Å². The molecule has 1 saturated carbocycles. The molecule has 1 amide bonds. The molecule has 0 bridgehead atoms. The fourth-order valence-corrected chi connectivity index (χ4v) is 6.70. The van der Waals surface area contributed by atoms with E-state index in [-0.39, 0.29) is 29.0 Å². The Morgan fingerprint density at radius 3 is 2.53 bits per heavy atom. The predicted octanol–water partition coefficient (Wildman–Crippen LogP) is 2.43. The fraction of sp³-hybridized carbons (Fsp3) is 0.519. The largest absolute Gasteiger partial charge is 0.480 e. The lowest BCUT2D eigenvalue weighted by Gasteiger charge is -2.35. The number of hydrogen-bond donors (Lipinski definition) is 1. The molecule has 3 atom stereocenters. The van der Waals surface area contributed by atoms with Gasteiger partial charge in [0, 0.05) is 39.8 Å². The highest BCUT2D eigenvalue weighted by atomic mass is 32.2. The van der Waals surface area contributed by atoms with Crippen LogP contribution < -0.4 is 4.74 Å². The van der Waals surface area contributed by atoms with Crippen LogP contribution in [-0.4, -0.2) is 85.5 Å². The Labute approximate surface area is 213 Å². The number of benzene rings is 2. The van der Waals surface area contributed by atoms with Crippen LogP contribution >= 0.6 is 0 Å². The first-order valence-corrected chi connectivity index (χ1v) is 14.2. The third kappa shape index (κ3) is 5.16. The number of ether oxygens (including phenoxy) is 1. The van der Waals surface area contributed by atoms with E-state index in [0.29, 0.717) is 31.7 Å². The van der Waals surface area contributed by atoms with Crippen LogP contribution in [-0.2, 0) is 21.2 Å². The van der Waals surface area contributed by atoms with Gasteiger partial charge in [-0.25, -0.2) is 8.42 Å². The lowest BCUT2D eigenvalue weighted by Crippen LogP contribution is -2.46. The first-order chi connectivity index (χ1) is 17.2. The Hall–Kier alpha value is -2.46. The second kappa shape index (κ2) is 10.1. The number of carbonyl (C=O) groups is 1. The number of sulfonamides is 1. The maximum atomic E-state index is 13.6. The molecule has 2 aliphatic heterocycles. The third-order valence-electron chi connectivity index (χ3n) is 7.67. The molecule has 2 aromatic carbocycles. The van der Waals surface area contributed by atoms with Gasteiger partial charge >= 0.3 is 0 Å². The van der Waals surface area contributed by atoms with Crippen molar-refractivity contribution in [3.8, 4) is 5.75 Å². The first-order valence-electron chi connectivity index (χ1n) is 12.7. The van der Waals surface area contributed by atoms with Crippen molar-refractivity contribution in [1.82, 2.24) is 14.1 Å². The lowest BCUT2D eigenvalue weighted by atomic mass is 10.00. The molecule has 9 heteroatoms. The number of amides is 1. The molecule has 36 heavy (non-hydrogen) atoms. The minimum absolute atomic E-state index is 0.0978. The number of rotatable bonds is 8. The molecule has 0 unspecified atom stereocenters. The van der Waals surface area contributed by atoms with Gasteiger partial charge in [0.15, 0.2) is 6.10 Å². The molecule has 194 valence electrons. The van der Waals surface area contributed by atoms with Crippen molar-refractivity contribution in [2.24, 2.45) is 0 Å². The monoisotopic (exact) mass is 513 g/mol. The van der Waals surface area contributed by atoms with Gasteiger partial charge in [0.1, 0.15) is 5.75 Å². The molecule has 8 nitrogen and oxygen atoms in total. The summed E-state index contributed by atoms with van der Waals surface area (Å²) in [6.07, 6.45) is 2.67. The zero-order chi connectivity index (χ0) is 25.4. The Morgan fingerprint density at radius 2 is 1.86 bits per heavy atom. The quantitative estimate of drug-likeness (QED) is 0.583. The number of aliphatic hydroxyl groups is 1. The van der Waals surface area contributed by atoms with Crippen molar-refractivity contribution in [2.45, 2.75) is 61.3 Å². The van der Waals surface area contributed by atoms with E-state index in [2.05, 4.69) is 4.90 Å². The second-order valence-electron chi connectivity index (χ2n) is 10.2. The van der Waals surface area contributed by atoms with Crippen LogP contribution in [0.4, 0.5) is 0 Å². The molecule has 2 heterocycles. The highest BCUT2D eigenvalue weighted by molar-refractivity contribution is 7.89. The summed E-state index contributed by atoms with van der Waals surface area (Å²) < 4.78 is 33.5. The minimum atomic E-state index is -3.53. The predicted molar refractivity (Wildman–Crippen MR) is 136 cm³/mol. The van der Waals surface area contributed by atoms with E-state index in [0.717, 1.165) is 36.9 Å². The fourth-order valence-electron chi connectivity index (χ4n) is 5.23. The molecule has 1 aliphatic carbocycles. The Kier molecular flexibility index (Phi) is 7.09. The summed E-state index contributed by atoms with van der Waals surface area (Å²) in [5.74, 6) is 0.472. The van der Waals surface area contributed by atoms with Gasteiger partial charge < -0.3 is 14.7 Å². The number of β-amino-alcohol motifs (C(OH)–C–C–N with tert-alkyl or cyclic N) is 1. The van der Waals surface area contributed by atoms with Crippen molar-refractivity contribution in [2.75, 3.05) is 33.7 Å². The number of hydrogen-bond acceptors (Lipinski definition) is 6. The SMILES string of the molecule is CN(C(=O)[C@@H]1CCc2cc(S(=O)(=O)N(C)C3CC3)ccc2O1)[C@H](CN1CC[C@H](O)C1)c1ccccc1. The van der Waals surface area contributed by atoms with E-state index in [9.17, 15) is 18.3 Å². The number of nitrogens with zero attached hydrogens (tertiary/aromatic N) is 3. The van der Waals surface area contributed by atoms with Crippen LogP contribution in [0.3, 0.4) is 0 Å². The second-order valence-corrected chi connectivity index (χ2v) is 12.2. The smallest absolute Gasteiger partial charge is 0.263 e. The Bertz CT molecular complexity index is 1200. The zero-order valence-electron chi connectivity index (χ0n) is 20.9. The molecule has 1 saturated heterocycles. The summed E-state index contributed by atoms with van der Waals surface area (Å²) in [7, 11) is -0.0771. The van der Waals surface area contributed by atoms with Crippen molar-refractivity contribution in [3.63, 3.8) is 0 Å². The van der Waals surface area contributed by atoms with E-state index in [1.165, 1.54) is 4.31 Å². The van der Waals surface area contributed by atoms with Gasteiger partial charge in [0.05, 0.1) is 17.0 Å². The van der Waals surface area contributed by atoms with Gasteiger partial charge in [0.25, 0.3) is 5.91 Å². The van der Waals surface area contributed by atoms with Crippen LogP contribution in [0.5, 0.6) is 5.75 Å². The molecule has 3 aliphatic rings. The average Bonchev–Trinajstić information content (AvgIpc) is 3.66. The number of likely N-dealkylation sites (N-methyl/N-ethyl adjacent to an activating group) is 1. The van der Waals surface area contributed by atoms with Crippen molar-refractivity contribution < 1.29 is 23.1 Å². The number of aryl methyl sites for hydroxylation is 1. The van der Waals surface area contributed by atoms with Crippen LogP contribution in [0.1, 0.15) is 42.9 Å². The Balaban J connectivity index is 1.31. The molecule has 0 aromatic heterocycles. The van der Waals surface area contributed by atoms with E-state index in [1.807, 2.05) is 37.4 Å². The summed E-state index contributed by atoms with van der Waals surface area (Å²) in [4.78, 5) is 17.8.